The molecular formula is C11H6Br2ClNO2. The molecule has 0 radical (unpaired) electrons. The number of rotatable bonds is 2. The topological polar surface area (TPSA) is 42.2 Å². The lowest BCUT2D eigenvalue weighted by atomic mass is 10.3. The number of benzene rings is 1. The van der Waals surface area contributed by atoms with Crippen LogP contribution in [0.4, 0.5) is 5.69 Å². The van der Waals surface area contributed by atoms with E-state index in [1.165, 1.54) is 12.3 Å². The summed E-state index contributed by atoms with van der Waals surface area (Å²) >= 11 is 12.4. The molecule has 0 spiro atoms. The maximum absolute atomic E-state index is 11.9. The van der Waals surface area contributed by atoms with E-state index in [4.69, 9.17) is 16.0 Å². The molecule has 0 saturated carbocycles. The van der Waals surface area contributed by atoms with Crippen molar-refractivity contribution >= 4 is 55.1 Å². The van der Waals surface area contributed by atoms with Gasteiger partial charge in [-0.3, -0.25) is 4.79 Å². The summed E-state index contributed by atoms with van der Waals surface area (Å²) < 4.78 is 6.52. The van der Waals surface area contributed by atoms with E-state index in [1.54, 1.807) is 6.07 Å². The van der Waals surface area contributed by atoms with Gasteiger partial charge in [-0.15, -0.1) is 0 Å². The fraction of sp³-hybridized carbons (Fsp3) is 0. The molecule has 1 aromatic heterocycles. The van der Waals surface area contributed by atoms with E-state index in [0.717, 1.165) is 8.95 Å². The third-order valence-electron chi connectivity index (χ3n) is 2.04. The van der Waals surface area contributed by atoms with Crippen molar-refractivity contribution in [3.05, 3.63) is 50.3 Å². The zero-order chi connectivity index (χ0) is 12.4. The van der Waals surface area contributed by atoms with Gasteiger partial charge >= 0.3 is 0 Å². The highest BCUT2D eigenvalue weighted by Crippen LogP contribution is 2.27. The van der Waals surface area contributed by atoms with Crippen molar-refractivity contribution in [2.24, 2.45) is 0 Å². The maximum atomic E-state index is 11.9. The van der Waals surface area contributed by atoms with Crippen molar-refractivity contribution in [2.45, 2.75) is 0 Å². The average molecular weight is 379 g/mol. The standard InChI is InChI=1S/C11H6Br2ClNO2/c12-6-1-2-8(13)9(5-6)15-11(16)7-3-4-17-10(7)14/h1-5H,(H,15,16). The second-order valence-corrected chi connectivity index (χ2v) is 5.30. The first-order chi connectivity index (χ1) is 8.08. The Hall–Kier alpha value is -0.780. The van der Waals surface area contributed by atoms with Crippen molar-refractivity contribution in [2.75, 3.05) is 5.32 Å². The molecule has 2 aromatic rings. The fourth-order valence-corrected chi connectivity index (χ4v) is 2.15. The van der Waals surface area contributed by atoms with Crippen molar-refractivity contribution in [1.29, 1.82) is 0 Å². The van der Waals surface area contributed by atoms with E-state index in [2.05, 4.69) is 37.2 Å². The molecular weight excluding hydrogens is 373 g/mol. The van der Waals surface area contributed by atoms with E-state index >= 15 is 0 Å². The first kappa shape index (κ1) is 12.7. The molecule has 6 heteroatoms. The summed E-state index contributed by atoms with van der Waals surface area (Å²) in [6.45, 7) is 0. The summed E-state index contributed by atoms with van der Waals surface area (Å²) in [5.74, 6) is -0.317. The zero-order valence-electron chi connectivity index (χ0n) is 8.34. The molecule has 0 aliphatic carbocycles. The Balaban J connectivity index is 2.24. The lowest BCUT2D eigenvalue weighted by Gasteiger charge is -2.06. The minimum Gasteiger partial charge on any atom is -0.452 e. The lowest BCUT2D eigenvalue weighted by molar-refractivity contribution is 0.102. The van der Waals surface area contributed by atoms with Crippen LogP contribution < -0.4 is 5.32 Å². The second kappa shape index (κ2) is 5.25. The molecule has 2 rings (SSSR count). The maximum Gasteiger partial charge on any atom is 0.260 e. The van der Waals surface area contributed by atoms with Crippen molar-refractivity contribution in [3.63, 3.8) is 0 Å². The van der Waals surface area contributed by atoms with Crippen LogP contribution in [0.2, 0.25) is 5.22 Å². The minimum absolute atomic E-state index is 0.0774. The molecule has 0 unspecified atom stereocenters. The number of anilines is 1. The molecule has 0 aliphatic heterocycles. The molecule has 17 heavy (non-hydrogen) atoms. The molecule has 0 atom stereocenters. The smallest absolute Gasteiger partial charge is 0.260 e. The Morgan fingerprint density at radius 3 is 2.71 bits per heavy atom. The van der Waals surface area contributed by atoms with Crippen LogP contribution in [0.5, 0.6) is 0 Å². The quantitative estimate of drug-likeness (QED) is 0.821. The highest BCUT2D eigenvalue weighted by atomic mass is 79.9. The Bertz CT molecular complexity index is 568. The number of nitrogens with one attached hydrogen (secondary N) is 1. The zero-order valence-corrected chi connectivity index (χ0v) is 12.3. The van der Waals surface area contributed by atoms with Crippen LogP contribution in [0.15, 0.2) is 43.9 Å². The van der Waals surface area contributed by atoms with Crippen molar-refractivity contribution in [3.8, 4) is 0 Å². The van der Waals surface area contributed by atoms with Gasteiger partial charge in [-0.2, -0.15) is 0 Å². The summed E-state index contributed by atoms with van der Waals surface area (Å²) in [5, 5.41) is 2.81. The number of halogens is 3. The van der Waals surface area contributed by atoms with Gasteiger partial charge in [-0.1, -0.05) is 15.9 Å². The van der Waals surface area contributed by atoms with Gasteiger partial charge in [-0.25, -0.2) is 0 Å². The van der Waals surface area contributed by atoms with Crippen LogP contribution in [0.3, 0.4) is 0 Å². The fourth-order valence-electron chi connectivity index (χ4n) is 1.24. The van der Waals surface area contributed by atoms with Gasteiger partial charge in [-0.05, 0) is 51.8 Å². The molecule has 1 N–H and O–H groups in total. The van der Waals surface area contributed by atoms with Gasteiger partial charge < -0.3 is 9.73 Å². The average Bonchev–Trinajstić information content (AvgIpc) is 2.70. The molecule has 0 fully saturated rings. The van der Waals surface area contributed by atoms with Gasteiger partial charge in [0.1, 0.15) is 0 Å². The Morgan fingerprint density at radius 2 is 2.06 bits per heavy atom. The first-order valence-corrected chi connectivity index (χ1v) is 6.53. The van der Waals surface area contributed by atoms with Gasteiger partial charge in [0.15, 0.2) is 0 Å². The summed E-state index contributed by atoms with van der Waals surface area (Å²) in [5.41, 5.74) is 0.959. The van der Waals surface area contributed by atoms with Gasteiger partial charge in [0.2, 0.25) is 5.22 Å². The van der Waals surface area contributed by atoms with Gasteiger partial charge in [0.25, 0.3) is 5.91 Å². The van der Waals surface area contributed by atoms with Crippen LogP contribution in [0.25, 0.3) is 0 Å². The Labute approximate surface area is 119 Å². The van der Waals surface area contributed by atoms with E-state index in [1.807, 2.05) is 12.1 Å². The lowest BCUT2D eigenvalue weighted by Crippen LogP contribution is -2.11. The molecule has 0 bridgehead atoms. The largest absolute Gasteiger partial charge is 0.452 e. The molecule has 1 aromatic carbocycles. The van der Waals surface area contributed by atoms with Crippen LogP contribution in [0.1, 0.15) is 10.4 Å². The third kappa shape index (κ3) is 2.91. The summed E-state index contributed by atoms with van der Waals surface area (Å²) in [6, 6.07) is 7.00. The van der Waals surface area contributed by atoms with E-state index in [0.29, 0.717) is 11.3 Å². The molecule has 0 aliphatic rings. The van der Waals surface area contributed by atoms with Crippen LogP contribution in [0, 0.1) is 0 Å². The number of amides is 1. The van der Waals surface area contributed by atoms with E-state index < -0.39 is 0 Å². The van der Waals surface area contributed by atoms with Crippen LogP contribution in [-0.2, 0) is 0 Å². The monoisotopic (exact) mass is 377 g/mol. The minimum atomic E-state index is -0.317. The van der Waals surface area contributed by atoms with Gasteiger partial charge in [0.05, 0.1) is 17.5 Å². The molecule has 88 valence electrons. The molecule has 1 heterocycles. The number of carbonyl (C=O) groups excluding carboxylic acids is 1. The van der Waals surface area contributed by atoms with Crippen molar-refractivity contribution < 1.29 is 9.21 Å². The molecule has 1 amide bonds. The second-order valence-electron chi connectivity index (χ2n) is 3.19. The third-order valence-corrected chi connectivity index (χ3v) is 3.52. The highest BCUT2D eigenvalue weighted by molar-refractivity contribution is 9.11. The summed E-state index contributed by atoms with van der Waals surface area (Å²) in [7, 11) is 0. The van der Waals surface area contributed by atoms with Gasteiger partial charge in [0, 0.05) is 8.95 Å². The Kier molecular flexibility index (Phi) is 3.91. The predicted molar refractivity (Wildman–Crippen MR) is 73.5 cm³/mol. The highest BCUT2D eigenvalue weighted by Gasteiger charge is 2.14. The van der Waals surface area contributed by atoms with E-state index in [-0.39, 0.29) is 11.1 Å². The normalized spacial score (nSPS) is 10.3. The number of hydrogen-bond acceptors (Lipinski definition) is 2. The van der Waals surface area contributed by atoms with Crippen LogP contribution >= 0.6 is 43.5 Å². The summed E-state index contributed by atoms with van der Waals surface area (Å²) in [6.07, 6.45) is 1.37. The van der Waals surface area contributed by atoms with Crippen molar-refractivity contribution in [1.82, 2.24) is 0 Å². The van der Waals surface area contributed by atoms with E-state index in [9.17, 15) is 4.79 Å². The van der Waals surface area contributed by atoms with Crippen LogP contribution in [-0.4, -0.2) is 5.91 Å². The Morgan fingerprint density at radius 1 is 1.29 bits per heavy atom. The SMILES string of the molecule is O=C(Nc1cc(Br)ccc1Br)c1ccoc1Cl. The number of furan rings is 1. The number of carbonyl (C=O) groups is 1. The molecule has 3 nitrogen and oxygen atoms in total. The molecule has 0 saturated heterocycles. The summed E-state index contributed by atoms with van der Waals surface area (Å²) in [4.78, 5) is 11.9. The number of hydrogen-bond donors (Lipinski definition) is 1. The first-order valence-electron chi connectivity index (χ1n) is 4.57. The predicted octanol–water partition coefficient (Wildman–Crippen LogP) is 4.71.